The first-order valence-corrected chi connectivity index (χ1v) is 9.76. The quantitative estimate of drug-likeness (QED) is 0.753. The molecule has 148 valence electrons. The summed E-state index contributed by atoms with van der Waals surface area (Å²) in [6, 6.07) is 16.2. The van der Waals surface area contributed by atoms with Crippen LogP contribution in [0.5, 0.6) is 0 Å². The predicted octanol–water partition coefficient (Wildman–Crippen LogP) is 4.65. The van der Waals surface area contributed by atoms with Gasteiger partial charge >= 0.3 is 0 Å². The van der Waals surface area contributed by atoms with Crippen LogP contribution in [0.2, 0.25) is 5.02 Å². The number of aliphatic hydroxyl groups is 1. The molecule has 1 heterocycles. The Morgan fingerprint density at radius 3 is 2.22 bits per heavy atom. The van der Waals surface area contributed by atoms with Gasteiger partial charge in [0.25, 0.3) is 0 Å². The summed E-state index contributed by atoms with van der Waals surface area (Å²) < 4.78 is 5.48. The minimum absolute atomic E-state index is 0. The lowest BCUT2D eigenvalue weighted by Gasteiger charge is -2.38. The second-order valence-corrected chi connectivity index (χ2v) is 7.65. The number of halogens is 2. The molecule has 1 fully saturated rings. The lowest BCUT2D eigenvalue weighted by atomic mass is 9.78. The SMILES string of the molecule is CCc1ccc(C(C)(O)C(CN2CCOCC2)c2ccc(Cl)cc2)cc1.Cl. The highest BCUT2D eigenvalue weighted by Crippen LogP contribution is 2.38. The third-order valence-electron chi connectivity index (χ3n) is 5.44. The van der Waals surface area contributed by atoms with E-state index < -0.39 is 5.60 Å². The summed E-state index contributed by atoms with van der Waals surface area (Å²) in [5.74, 6) is -0.0506. The number of nitrogens with zero attached hydrogens (tertiary/aromatic N) is 1. The summed E-state index contributed by atoms with van der Waals surface area (Å²) in [4.78, 5) is 2.37. The fourth-order valence-electron chi connectivity index (χ4n) is 3.62. The van der Waals surface area contributed by atoms with E-state index in [4.69, 9.17) is 16.3 Å². The molecule has 2 unspecified atom stereocenters. The first-order valence-electron chi connectivity index (χ1n) is 9.38. The van der Waals surface area contributed by atoms with E-state index in [1.807, 2.05) is 31.2 Å². The molecular weight excluding hydrogens is 381 g/mol. The number of aryl methyl sites for hydroxylation is 1. The molecule has 0 amide bonds. The van der Waals surface area contributed by atoms with Crippen molar-refractivity contribution in [3.63, 3.8) is 0 Å². The Morgan fingerprint density at radius 2 is 1.67 bits per heavy atom. The van der Waals surface area contributed by atoms with Gasteiger partial charge in [0, 0.05) is 30.6 Å². The van der Waals surface area contributed by atoms with Crippen molar-refractivity contribution < 1.29 is 9.84 Å². The fourth-order valence-corrected chi connectivity index (χ4v) is 3.75. The third-order valence-corrected chi connectivity index (χ3v) is 5.69. The largest absolute Gasteiger partial charge is 0.385 e. The number of rotatable bonds is 6. The molecule has 3 rings (SSSR count). The standard InChI is InChI=1S/C22H28ClNO2.ClH/c1-3-17-4-8-19(9-5-17)22(2,25)21(16-24-12-14-26-15-13-24)18-6-10-20(23)11-7-18;/h4-11,21,25H,3,12-16H2,1-2H3;1H. The highest BCUT2D eigenvalue weighted by molar-refractivity contribution is 6.30. The minimum atomic E-state index is -0.974. The molecule has 1 aliphatic heterocycles. The zero-order valence-corrected chi connectivity index (χ0v) is 17.6. The lowest BCUT2D eigenvalue weighted by Crippen LogP contribution is -2.43. The summed E-state index contributed by atoms with van der Waals surface area (Å²) in [6.45, 7) is 8.15. The molecule has 2 atom stereocenters. The normalized spacial score (nSPS) is 18.4. The Hall–Kier alpha value is -1.10. The van der Waals surface area contributed by atoms with Crippen LogP contribution >= 0.6 is 24.0 Å². The van der Waals surface area contributed by atoms with Gasteiger partial charge in [0.2, 0.25) is 0 Å². The maximum absolute atomic E-state index is 11.6. The van der Waals surface area contributed by atoms with E-state index >= 15 is 0 Å². The molecule has 0 spiro atoms. The Kier molecular flexibility index (Phi) is 8.14. The van der Waals surface area contributed by atoms with Crippen molar-refractivity contribution >= 4 is 24.0 Å². The summed E-state index contributed by atoms with van der Waals surface area (Å²) in [6.07, 6.45) is 0.997. The van der Waals surface area contributed by atoms with E-state index in [0.29, 0.717) is 5.02 Å². The number of hydrogen-bond acceptors (Lipinski definition) is 3. The maximum atomic E-state index is 11.6. The van der Waals surface area contributed by atoms with E-state index in [2.05, 4.69) is 36.1 Å². The summed E-state index contributed by atoms with van der Waals surface area (Å²) >= 11 is 6.08. The predicted molar refractivity (Wildman–Crippen MR) is 114 cm³/mol. The van der Waals surface area contributed by atoms with Crippen LogP contribution in [0, 0.1) is 0 Å². The van der Waals surface area contributed by atoms with Crippen molar-refractivity contribution in [1.29, 1.82) is 0 Å². The molecule has 3 nitrogen and oxygen atoms in total. The van der Waals surface area contributed by atoms with Gasteiger partial charge in [-0.15, -0.1) is 12.4 Å². The monoisotopic (exact) mass is 409 g/mol. The van der Waals surface area contributed by atoms with Crippen molar-refractivity contribution in [3.05, 3.63) is 70.2 Å². The van der Waals surface area contributed by atoms with Gasteiger partial charge in [0.05, 0.1) is 18.8 Å². The van der Waals surface area contributed by atoms with Gasteiger partial charge < -0.3 is 9.84 Å². The van der Waals surface area contributed by atoms with Crippen LogP contribution in [0.1, 0.15) is 36.5 Å². The van der Waals surface area contributed by atoms with Gasteiger partial charge in [0.1, 0.15) is 0 Å². The van der Waals surface area contributed by atoms with E-state index in [9.17, 15) is 5.11 Å². The van der Waals surface area contributed by atoms with Crippen molar-refractivity contribution in [3.8, 4) is 0 Å². The van der Waals surface area contributed by atoms with Crippen molar-refractivity contribution in [2.24, 2.45) is 0 Å². The molecular formula is C22H29Cl2NO2. The number of benzene rings is 2. The van der Waals surface area contributed by atoms with E-state index in [1.54, 1.807) is 0 Å². The Morgan fingerprint density at radius 1 is 1.07 bits per heavy atom. The zero-order valence-electron chi connectivity index (χ0n) is 16.0. The molecule has 1 N–H and O–H groups in total. The van der Waals surface area contributed by atoms with Crippen molar-refractivity contribution in [2.75, 3.05) is 32.8 Å². The molecule has 0 bridgehead atoms. The topological polar surface area (TPSA) is 32.7 Å². The second kappa shape index (κ2) is 9.90. The first-order chi connectivity index (χ1) is 12.5. The van der Waals surface area contributed by atoms with Crippen LogP contribution in [0.3, 0.4) is 0 Å². The first kappa shape index (κ1) is 22.2. The third kappa shape index (κ3) is 5.46. The molecule has 0 radical (unpaired) electrons. The van der Waals surface area contributed by atoms with Gasteiger partial charge in [-0.3, -0.25) is 4.90 Å². The Balaban J connectivity index is 0.00000261. The van der Waals surface area contributed by atoms with Gasteiger partial charge in [0.15, 0.2) is 0 Å². The van der Waals surface area contributed by atoms with Crippen molar-refractivity contribution in [1.82, 2.24) is 4.90 Å². The van der Waals surface area contributed by atoms with Gasteiger partial charge in [-0.25, -0.2) is 0 Å². The molecule has 0 aromatic heterocycles. The maximum Gasteiger partial charge on any atom is 0.0949 e. The molecule has 1 aliphatic rings. The fraction of sp³-hybridized carbons (Fsp3) is 0.455. The zero-order chi connectivity index (χ0) is 18.6. The molecule has 5 heteroatoms. The van der Waals surface area contributed by atoms with Crippen molar-refractivity contribution in [2.45, 2.75) is 31.8 Å². The molecule has 0 saturated carbocycles. The van der Waals surface area contributed by atoms with E-state index in [-0.39, 0.29) is 18.3 Å². The number of ether oxygens (including phenoxy) is 1. The molecule has 0 aliphatic carbocycles. The summed E-state index contributed by atoms with van der Waals surface area (Å²) in [7, 11) is 0. The minimum Gasteiger partial charge on any atom is -0.385 e. The van der Waals surface area contributed by atoms with Gasteiger partial charge in [-0.1, -0.05) is 54.9 Å². The average molecular weight is 410 g/mol. The Bertz CT molecular complexity index is 695. The Labute approximate surface area is 173 Å². The molecule has 2 aromatic carbocycles. The average Bonchev–Trinajstić information content (AvgIpc) is 2.68. The summed E-state index contributed by atoms with van der Waals surface area (Å²) in [5.41, 5.74) is 2.35. The van der Waals surface area contributed by atoms with Crippen LogP contribution in [0.25, 0.3) is 0 Å². The van der Waals surface area contributed by atoms with Gasteiger partial charge in [-0.05, 0) is 42.2 Å². The van der Waals surface area contributed by atoms with Crippen LogP contribution in [-0.2, 0) is 16.8 Å². The number of hydrogen-bond donors (Lipinski definition) is 1. The summed E-state index contributed by atoms with van der Waals surface area (Å²) in [5, 5.41) is 12.3. The lowest BCUT2D eigenvalue weighted by molar-refractivity contribution is -0.0107. The highest BCUT2D eigenvalue weighted by Gasteiger charge is 2.36. The van der Waals surface area contributed by atoms with Crippen LogP contribution in [0.4, 0.5) is 0 Å². The highest BCUT2D eigenvalue weighted by atomic mass is 35.5. The smallest absolute Gasteiger partial charge is 0.0949 e. The molecule has 27 heavy (non-hydrogen) atoms. The van der Waals surface area contributed by atoms with Crippen LogP contribution in [-0.4, -0.2) is 42.9 Å². The van der Waals surface area contributed by atoms with Crippen LogP contribution in [0.15, 0.2) is 48.5 Å². The number of morpholine rings is 1. The van der Waals surface area contributed by atoms with E-state index in [0.717, 1.165) is 50.4 Å². The van der Waals surface area contributed by atoms with Gasteiger partial charge in [-0.2, -0.15) is 0 Å². The molecule has 2 aromatic rings. The molecule has 1 saturated heterocycles. The van der Waals surface area contributed by atoms with Crippen LogP contribution < -0.4 is 0 Å². The second-order valence-electron chi connectivity index (χ2n) is 7.22. The van der Waals surface area contributed by atoms with E-state index in [1.165, 1.54) is 5.56 Å².